The Hall–Kier alpha value is -3.13. The SMILES string of the molecule is N=C(c1ccccc1)N(N)Cc1ccc(-c2nnc(C(F)F)o2)cc1. The molecule has 0 saturated heterocycles. The summed E-state index contributed by atoms with van der Waals surface area (Å²) in [6.07, 6.45) is -2.80. The van der Waals surface area contributed by atoms with Gasteiger partial charge >= 0.3 is 6.43 Å². The van der Waals surface area contributed by atoms with Gasteiger partial charge in [0, 0.05) is 11.1 Å². The zero-order chi connectivity index (χ0) is 17.8. The molecule has 128 valence electrons. The average molecular weight is 343 g/mol. The molecule has 3 aromatic rings. The minimum Gasteiger partial charge on any atom is -0.415 e. The number of amidine groups is 1. The maximum Gasteiger partial charge on any atom is 0.314 e. The van der Waals surface area contributed by atoms with Crippen LogP contribution < -0.4 is 5.84 Å². The lowest BCUT2D eigenvalue weighted by atomic mass is 10.1. The smallest absolute Gasteiger partial charge is 0.314 e. The van der Waals surface area contributed by atoms with Gasteiger partial charge in [0.2, 0.25) is 5.89 Å². The van der Waals surface area contributed by atoms with E-state index in [-0.39, 0.29) is 11.7 Å². The number of nitrogens with zero attached hydrogens (tertiary/aromatic N) is 3. The monoisotopic (exact) mass is 343 g/mol. The topological polar surface area (TPSA) is 92.0 Å². The number of hydrogen-bond acceptors (Lipinski definition) is 5. The third-order valence-electron chi connectivity index (χ3n) is 3.52. The summed E-state index contributed by atoms with van der Waals surface area (Å²) in [5, 5.41) is 16.3. The summed E-state index contributed by atoms with van der Waals surface area (Å²) < 4.78 is 29.9. The molecule has 0 radical (unpaired) electrons. The standard InChI is InChI=1S/C17H15F2N5O/c18-14(19)17-23-22-16(25-17)13-8-6-11(7-9-13)10-24(21)15(20)12-4-2-1-3-5-12/h1-9,14,20H,10,21H2. The maximum atomic E-state index is 12.5. The lowest BCUT2D eigenvalue weighted by Gasteiger charge is -2.19. The van der Waals surface area contributed by atoms with E-state index in [0.29, 0.717) is 17.7 Å². The molecule has 0 fully saturated rings. The van der Waals surface area contributed by atoms with Gasteiger partial charge in [-0.25, -0.2) is 5.84 Å². The highest BCUT2D eigenvalue weighted by Gasteiger charge is 2.17. The van der Waals surface area contributed by atoms with Gasteiger partial charge in [0.05, 0.1) is 6.54 Å². The van der Waals surface area contributed by atoms with Crippen LogP contribution in [0.4, 0.5) is 8.78 Å². The fraction of sp³-hybridized carbons (Fsp3) is 0.118. The molecule has 0 aliphatic heterocycles. The number of aromatic nitrogens is 2. The molecule has 8 heteroatoms. The number of hydrogen-bond donors (Lipinski definition) is 2. The van der Waals surface area contributed by atoms with E-state index in [1.54, 1.807) is 24.3 Å². The first-order chi connectivity index (χ1) is 12.0. The lowest BCUT2D eigenvalue weighted by Crippen LogP contribution is -2.36. The molecule has 0 spiro atoms. The molecule has 0 unspecified atom stereocenters. The maximum absolute atomic E-state index is 12.5. The molecule has 2 aromatic carbocycles. The Kier molecular flexibility index (Phi) is 4.80. The van der Waals surface area contributed by atoms with Gasteiger partial charge in [-0.3, -0.25) is 10.4 Å². The number of rotatable bonds is 5. The van der Waals surface area contributed by atoms with Crippen LogP contribution in [-0.4, -0.2) is 21.0 Å². The van der Waals surface area contributed by atoms with E-state index < -0.39 is 12.3 Å². The van der Waals surface area contributed by atoms with Gasteiger partial charge in [-0.2, -0.15) is 8.78 Å². The van der Waals surface area contributed by atoms with Crippen molar-refractivity contribution >= 4 is 5.84 Å². The van der Waals surface area contributed by atoms with Gasteiger partial charge in [-0.1, -0.05) is 42.5 Å². The first-order valence-electron chi connectivity index (χ1n) is 7.41. The van der Waals surface area contributed by atoms with Crippen molar-refractivity contribution < 1.29 is 13.2 Å². The average Bonchev–Trinajstić information content (AvgIpc) is 3.13. The molecule has 0 atom stereocenters. The summed E-state index contributed by atoms with van der Waals surface area (Å²) in [6.45, 7) is 0.320. The summed E-state index contributed by atoms with van der Waals surface area (Å²) in [5.41, 5.74) is 2.09. The molecule has 1 heterocycles. The minimum absolute atomic E-state index is 0.0310. The summed E-state index contributed by atoms with van der Waals surface area (Å²) in [4.78, 5) is 0. The second-order valence-electron chi connectivity index (χ2n) is 5.29. The van der Waals surface area contributed by atoms with E-state index in [2.05, 4.69) is 10.2 Å². The van der Waals surface area contributed by atoms with Crippen molar-refractivity contribution in [2.45, 2.75) is 13.0 Å². The molecule has 6 nitrogen and oxygen atoms in total. The summed E-state index contributed by atoms with van der Waals surface area (Å²) in [5.74, 6) is 5.47. The largest absolute Gasteiger partial charge is 0.415 e. The van der Waals surface area contributed by atoms with Crippen molar-refractivity contribution in [2.75, 3.05) is 0 Å². The van der Waals surface area contributed by atoms with Crippen molar-refractivity contribution in [3.8, 4) is 11.5 Å². The molecule has 0 aliphatic carbocycles. The summed E-state index contributed by atoms with van der Waals surface area (Å²) in [7, 11) is 0. The van der Waals surface area contributed by atoms with Crippen LogP contribution in [0.15, 0.2) is 59.0 Å². The Morgan fingerprint density at radius 3 is 2.36 bits per heavy atom. The quantitative estimate of drug-likeness (QED) is 0.321. The van der Waals surface area contributed by atoms with Gasteiger partial charge in [0.25, 0.3) is 5.89 Å². The zero-order valence-electron chi connectivity index (χ0n) is 13.1. The third-order valence-corrected chi connectivity index (χ3v) is 3.52. The van der Waals surface area contributed by atoms with E-state index in [1.807, 2.05) is 30.3 Å². The van der Waals surface area contributed by atoms with E-state index in [0.717, 1.165) is 5.56 Å². The molecular formula is C17H15F2N5O. The Morgan fingerprint density at radius 1 is 1.08 bits per heavy atom. The highest BCUT2D eigenvalue weighted by Crippen LogP contribution is 2.23. The number of benzene rings is 2. The number of hydrazine groups is 1. The van der Waals surface area contributed by atoms with Gasteiger partial charge in [-0.15, -0.1) is 10.2 Å². The van der Waals surface area contributed by atoms with Crippen LogP contribution >= 0.6 is 0 Å². The van der Waals surface area contributed by atoms with Crippen LogP contribution in [-0.2, 0) is 6.54 Å². The first kappa shape index (κ1) is 16.7. The third kappa shape index (κ3) is 3.86. The number of nitrogens with two attached hydrogens (primary N) is 1. The van der Waals surface area contributed by atoms with Crippen molar-refractivity contribution in [2.24, 2.45) is 5.84 Å². The Labute approximate surface area is 142 Å². The summed E-state index contributed by atoms with van der Waals surface area (Å²) in [6, 6.07) is 16.0. The Balaban J connectivity index is 1.69. The fourth-order valence-corrected chi connectivity index (χ4v) is 2.23. The van der Waals surface area contributed by atoms with E-state index in [4.69, 9.17) is 15.7 Å². The molecule has 0 aliphatic rings. The molecule has 0 saturated carbocycles. The lowest BCUT2D eigenvalue weighted by molar-refractivity contribution is 0.116. The molecule has 3 rings (SSSR count). The van der Waals surface area contributed by atoms with Crippen LogP contribution in [0.2, 0.25) is 0 Å². The van der Waals surface area contributed by atoms with Crippen LogP contribution in [0.25, 0.3) is 11.5 Å². The van der Waals surface area contributed by atoms with Crippen LogP contribution in [0.3, 0.4) is 0 Å². The first-order valence-corrected chi connectivity index (χ1v) is 7.41. The van der Waals surface area contributed by atoms with Crippen LogP contribution in [0.5, 0.6) is 0 Å². The molecule has 1 aromatic heterocycles. The van der Waals surface area contributed by atoms with E-state index in [9.17, 15) is 8.78 Å². The fourth-order valence-electron chi connectivity index (χ4n) is 2.23. The molecule has 3 N–H and O–H groups in total. The van der Waals surface area contributed by atoms with Gasteiger partial charge < -0.3 is 4.42 Å². The molecule has 25 heavy (non-hydrogen) atoms. The van der Waals surface area contributed by atoms with E-state index in [1.165, 1.54) is 5.01 Å². The van der Waals surface area contributed by atoms with Gasteiger partial charge in [-0.05, 0) is 17.7 Å². The number of halogens is 2. The predicted octanol–water partition coefficient (Wildman–Crippen LogP) is 3.38. The van der Waals surface area contributed by atoms with Crippen molar-refractivity contribution in [3.63, 3.8) is 0 Å². The van der Waals surface area contributed by atoms with Crippen molar-refractivity contribution in [3.05, 3.63) is 71.6 Å². The highest BCUT2D eigenvalue weighted by molar-refractivity contribution is 5.95. The zero-order valence-corrected chi connectivity index (χ0v) is 13.1. The van der Waals surface area contributed by atoms with Gasteiger partial charge in [0.15, 0.2) is 0 Å². The van der Waals surface area contributed by atoms with Crippen LogP contribution in [0, 0.1) is 5.41 Å². The van der Waals surface area contributed by atoms with Crippen LogP contribution in [0.1, 0.15) is 23.4 Å². The normalized spacial score (nSPS) is 10.9. The second kappa shape index (κ2) is 7.18. The number of alkyl halides is 2. The second-order valence-corrected chi connectivity index (χ2v) is 5.29. The summed E-state index contributed by atoms with van der Waals surface area (Å²) >= 11 is 0. The molecule has 0 amide bonds. The molecular weight excluding hydrogens is 328 g/mol. The minimum atomic E-state index is -2.80. The molecule has 0 bridgehead atoms. The van der Waals surface area contributed by atoms with E-state index >= 15 is 0 Å². The Bertz CT molecular complexity index is 849. The van der Waals surface area contributed by atoms with Gasteiger partial charge in [0.1, 0.15) is 5.84 Å². The van der Waals surface area contributed by atoms with Crippen molar-refractivity contribution in [1.29, 1.82) is 5.41 Å². The predicted molar refractivity (Wildman–Crippen MR) is 87.7 cm³/mol. The Morgan fingerprint density at radius 2 is 1.76 bits per heavy atom. The highest BCUT2D eigenvalue weighted by atomic mass is 19.3. The number of nitrogens with one attached hydrogen (secondary N) is 1. The van der Waals surface area contributed by atoms with Crippen molar-refractivity contribution in [1.82, 2.24) is 15.2 Å².